The maximum Gasteiger partial charge on any atom is 0.287 e. The average Bonchev–Trinajstić information content (AvgIpc) is 3.31. The molecule has 6 nitrogen and oxygen atoms in total. The van der Waals surface area contributed by atoms with Crippen molar-refractivity contribution in [2.24, 2.45) is 0 Å². The molecule has 0 atom stereocenters. The fraction of sp³-hybridized carbons (Fsp3) is 0.0625. The van der Waals surface area contributed by atoms with Gasteiger partial charge >= 0.3 is 0 Å². The first kappa shape index (κ1) is 13.7. The van der Waals surface area contributed by atoms with Gasteiger partial charge in [0.15, 0.2) is 5.76 Å². The Morgan fingerprint density at radius 3 is 3.04 bits per heavy atom. The molecule has 0 aliphatic heterocycles. The Kier molecular flexibility index (Phi) is 3.39. The number of fused-ring (bicyclic) bond motifs is 1. The van der Waals surface area contributed by atoms with Crippen LogP contribution in [-0.2, 0) is 6.54 Å². The summed E-state index contributed by atoms with van der Waals surface area (Å²) in [5, 5.41) is 15.7. The van der Waals surface area contributed by atoms with Crippen molar-refractivity contribution in [2.75, 3.05) is 0 Å². The van der Waals surface area contributed by atoms with E-state index in [4.69, 9.17) is 4.42 Å². The predicted molar refractivity (Wildman–Crippen MR) is 86.6 cm³/mol. The number of carbonyl (C=O) groups is 1. The third kappa shape index (κ3) is 2.74. The van der Waals surface area contributed by atoms with E-state index in [1.807, 2.05) is 41.1 Å². The molecule has 4 aromatic rings. The second-order valence-corrected chi connectivity index (χ2v) is 5.75. The summed E-state index contributed by atoms with van der Waals surface area (Å²) in [5.74, 6) is 0.0164. The van der Waals surface area contributed by atoms with Crippen molar-refractivity contribution in [2.45, 2.75) is 6.54 Å². The number of furan rings is 1. The summed E-state index contributed by atoms with van der Waals surface area (Å²) in [6.45, 7) is 0.292. The Morgan fingerprint density at radius 2 is 2.22 bits per heavy atom. The van der Waals surface area contributed by atoms with E-state index in [2.05, 4.69) is 15.6 Å². The molecule has 1 aromatic carbocycles. The molecule has 4 rings (SSSR count). The molecule has 0 unspecified atom stereocenters. The van der Waals surface area contributed by atoms with Crippen molar-refractivity contribution in [3.05, 3.63) is 64.8 Å². The third-order valence-electron chi connectivity index (χ3n) is 3.39. The molecule has 0 radical (unpaired) electrons. The Balaban J connectivity index is 1.45. The maximum absolute atomic E-state index is 12.2. The van der Waals surface area contributed by atoms with Crippen molar-refractivity contribution in [1.82, 2.24) is 20.3 Å². The summed E-state index contributed by atoms with van der Waals surface area (Å²) < 4.78 is 7.21. The van der Waals surface area contributed by atoms with Crippen molar-refractivity contribution in [3.8, 4) is 5.69 Å². The quantitative estimate of drug-likeness (QED) is 0.626. The van der Waals surface area contributed by atoms with Gasteiger partial charge in [-0.15, -0.1) is 5.10 Å². The molecule has 0 saturated heterocycles. The van der Waals surface area contributed by atoms with Gasteiger partial charge < -0.3 is 9.73 Å². The SMILES string of the molecule is O=C(NCc1cn(-c2ccsc2)nn1)c1cc2ccccc2o1. The second kappa shape index (κ2) is 5.69. The number of nitrogens with one attached hydrogen (secondary N) is 1. The van der Waals surface area contributed by atoms with Gasteiger partial charge in [-0.05, 0) is 23.6 Å². The van der Waals surface area contributed by atoms with Crippen LogP contribution in [0.4, 0.5) is 0 Å². The van der Waals surface area contributed by atoms with Crippen LogP contribution >= 0.6 is 11.3 Å². The first-order chi connectivity index (χ1) is 11.3. The molecular formula is C16H12N4O2S. The number of carbonyl (C=O) groups excluding carboxylic acids is 1. The lowest BCUT2D eigenvalue weighted by Gasteiger charge is -1.99. The van der Waals surface area contributed by atoms with Crippen molar-refractivity contribution < 1.29 is 9.21 Å². The van der Waals surface area contributed by atoms with Crippen molar-refractivity contribution in [1.29, 1.82) is 0 Å². The Morgan fingerprint density at radius 1 is 1.30 bits per heavy atom. The van der Waals surface area contributed by atoms with E-state index in [9.17, 15) is 4.79 Å². The van der Waals surface area contributed by atoms with Crippen LogP contribution in [0.2, 0.25) is 0 Å². The number of para-hydroxylation sites is 1. The highest BCUT2D eigenvalue weighted by Crippen LogP contribution is 2.18. The molecule has 1 amide bonds. The van der Waals surface area contributed by atoms with Gasteiger partial charge in [0.25, 0.3) is 5.91 Å². The van der Waals surface area contributed by atoms with Crippen LogP contribution in [0.1, 0.15) is 16.2 Å². The topological polar surface area (TPSA) is 73.0 Å². The number of hydrogen-bond acceptors (Lipinski definition) is 5. The zero-order chi connectivity index (χ0) is 15.6. The molecule has 0 aliphatic carbocycles. The van der Waals surface area contributed by atoms with Gasteiger partial charge in [0.2, 0.25) is 0 Å². The molecule has 7 heteroatoms. The van der Waals surface area contributed by atoms with Gasteiger partial charge in [-0.3, -0.25) is 4.79 Å². The summed E-state index contributed by atoms with van der Waals surface area (Å²) in [6, 6.07) is 11.2. The highest BCUT2D eigenvalue weighted by Gasteiger charge is 2.12. The summed E-state index contributed by atoms with van der Waals surface area (Å²) in [6.07, 6.45) is 1.79. The molecule has 0 bridgehead atoms. The molecule has 23 heavy (non-hydrogen) atoms. The van der Waals surface area contributed by atoms with E-state index in [0.717, 1.165) is 11.1 Å². The number of benzene rings is 1. The number of rotatable bonds is 4. The van der Waals surface area contributed by atoms with Crippen LogP contribution in [0.15, 0.2) is 57.8 Å². The molecular weight excluding hydrogens is 312 g/mol. The van der Waals surface area contributed by atoms with E-state index in [-0.39, 0.29) is 11.7 Å². The fourth-order valence-electron chi connectivity index (χ4n) is 2.24. The molecule has 3 heterocycles. The van der Waals surface area contributed by atoms with Crippen LogP contribution in [0.3, 0.4) is 0 Å². The van der Waals surface area contributed by atoms with Crippen LogP contribution in [0.5, 0.6) is 0 Å². The van der Waals surface area contributed by atoms with E-state index >= 15 is 0 Å². The number of nitrogens with zero attached hydrogens (tertiary/aromatic N) is 3. The molecule has 0 aliphatic rings. The molecule has 0 spiro atoms. The standard InChI is InChI=1S/C16H12N4O2S/c21-16(15-7-11-3-1-2-4-14(11)22-15)17-8-12-9-20(19-18-12)13-5-6-23-10-13/h1-7,9-10H,8H2,(H,17,21). The minimum absolute atomic E-state index is 0.272. The first-order valence-electron chi connectivity index (χ1n) is 7.00. The molecule has 0 saturated carbocycles. The van der Waals surface area contributed by atoms with Crippen LogP contribution in [0.25, 0.3) is 16.7 Å². The lowest BCUT2D eigenvalue weighted by atomic mass is 10.2. The van der Waals surface area contributed by atoms with Gasteiger partial charge in [-0.1, -0.05) is 23.4 Å². The van der Waals surface area contributed by atoms with Gasteiger partial charge in [0.1, 0.15) is 11.3 Å². The second-order valence-electron chi connectivity index (χ2n) is 4.97. The van der Waals surface area contributed by atoms with E-state index in [1.54, 1.807) is 28.3 Å². The van der Waals surface area contributed by atoms with E-state index < -0.39 is 0 Å². The minimum atomic E-state index is -0.272. The molecule has 3 aromatic heterocycles. The lowest BCUT2D eigenvalue weighted by molar-refractivity contribution is 0.0925. The van der Waals surface area contributed by atoms with E-state index in [0.29, 0.717) is 17.8 Å². The highest BCUT2D eigenvalue weighted by atomic mass is 32.1. The Bertz CT molecular complexity index is 922. The van der Waals surface area contributed by atoms with Crippen LogP contribution in [-0.4, -0.2) is 20.9 Å². The van der Waals surface area contributed by atoms with Gasteiger partial charge in [0, 0.05) is 10.8 Å². The van der Waals surface area contributed by atoms with Gasteiger partial charge in [-0.2, -0.15) is 11.3 Å². The van der Waals surface area contributed by atoms with Gasteiger partial charge in [0.05, 0.1) is 18.4 Å². The average molecular weight is 324 g/mol. The summed E-state index contributed by atoms with van der Waals surface area (Å²) >= 11 is 1.59. The normalized spacial score (nSPS) is 11.0. The monoisotopic (exact) mass is 324 g/mol. The summed E-state index contributed by atoms with van der Waals surface area (Å²) in [7, 11) is 0. The smallest absolute Gasteiger partial charge is 0.287 e. The van der Waals surface area contributed by atoms with Crippen LogP contribution < -0.4 is 5.32 Å². The molecule has 0 fully saturated rings. The van der Waals surface area contributed by atoms with E-state index in [1.165, 1.54) is 0 Å². The largest absolute Gasteiger partial charge is 0.451 e. The maximum atomic E-state index is 12.2. The van der Waals surface area contributed by atoms with Crippen LogP contribution in [0, 0.1) is 0 Å². The predicted octanol–water partition coefficient (Wildman–Crippen LogP) is 3.01. The lowest BCUT2D eigenvalue weighted by Crippen LogP contribution is -2.22. The fourth-order valence-corrected chi connectivity index (χ4v) is 2.87. The highest BCUT2D eigenvalue weighted by molar-refractivity contribution is 7.08. The number of thiophene rings is 1. The first-order valence-corrected chi connectivity index (χ1v) is 7.94. The molecule has 1 N–H and O–H groups in total. The number of amides is 1. The Labute approximate surface area is 135 Å². The summed E-state index contributed by atoms with van der Waals surface area (Å²) in [4.78, 5) is 12.2. The van der Waals surface area contributed by atoms with Gasteiger partial charge in [-0.25, -0.2) is 4.68 Å². The zero-order valence-corrected chi connectivity index (χ0v) is 12.8. The third-order valence-corrected chi connectivity index (χ3v) is 4.06. The minimum Gasteiger partial charge on any atom is -0.451 e. The van der Waals surface area contributed by atoms with Crippen molar-refractivity contribution >= 4 is 28.2 Å². The number of aromatic nitrogens is 3. The Hall–Kier alpha value is -2.93. The molecule has 114 valence electrons. The number of hydrogen-bond donors (Lipinski definition) is 1. The zero-order valence-electron chi connectivity index (χ0n) is 12.0. The van der Waals surface area contributed by atoms with Crippen molar-refractivity contribution in [3.63, 3.8) is 0 Å². The summed E-state index contributed by atoms with van der Waals surface area (Å²) in [5.41, 5.74) is 2.33.